The normalized spacial score (nSPS) is 13.1. The number of aliphatic carboxylic acids is 1. The lowest BCUT2D eigenvalue weighted by molar-refractivity contribution is -0.192. The number of benzene rings is 1. The highest BCUT2D eigenvalue weighted by Crippen LogP contribution is 2.38. The number of carbonyl (C=O) groups excluding carboxylic acids is 2. The third kappa shape index (κ3) is 7.82. The molecule has 0 spiro atoms. The number of carboxylic acid groups (broad SMARTS) is 1. The van der Waals surface area contributed by atoms with Gasteiger partial charge in [0.2, 0.25) is 0 Å². The van der Waals surface area contributed by atoms with Crippen LogP contribution in [0.4, 0.5) is 18.2 Å². The molecule has 3 N–H and O–H groups in total. The Morgan fingerprint density at radius 3 is 2.21 bits per heavy atom. The molecule has 0 unspecified atom stereocenters. The number of aromatic nitrogens is 2. The minimum absolute atomic E-state index is 0.119. The van der Waals surface area contributed by atoms with Gasteiger partial charge in [-0.25, -0.2) is 20.2 Å². The Morgan fingerprint density at radius 2 is 1.61 bits per heavy atom. The van der Waals surface area contributed by atoms with Crippen molar-refractivity contribution in [3.8, 4) is 10.6 Å². The zero-order valence-electron chi connectivity index (χ0n) is 19.6. The average Bonchev–Trinajstić information content (AvgIpc) is 3.35. The molecular formula is C25H21F3N4O5S. The summed E-state index contributed by atoms with van der Waals surface area (Å²) in [5.41, 5.74) is 4.66. The van der Waals surface area contributed by atoms with Crippen LogP contribution < -0.4 is 10.4 Å². The van der Waals surface area contributed by atoms with Gasteiger partial charge in [-0.2, -0.15) is 13.2 Å². The second-order valence-corrected chi connectivity index (χ2v) is 8.64. The first-order valence-corrected chi connectivity index (χ1v) is 11.8. The van der Waals surface area contributed by atoms with E-state index in [4.69, 9.17) is 20.1 Å². The Kier molecular flexibility index (Phi) is 9.46. The standard InChI is InChI=1S/C23H20N4O3S.C2HF3O2/c28-20(26-30)13-11-17-8-4-9-18(24-17)12-14-21(29)27-15-5-10-19-23(27)31-22(25-19)16-6-2-1-3-7-16;3-2(4,5)1(6)7/h1-4,6-9,11-14,30H,5,10,15H2,(H,26,28);(H,6,7). The molecular weight excluding hydrogens is 525 g/mol. The van der Waals surface area contributed by atoms with Gasteiger partial charge in [0, 0.05) is 24.3 Å². The molecule has 0 radical (unpaired) electrons. The molecule has 0 fully saturated rings. The van der Waals surface area contributed by atoms with Crippen LogP contribution in [0, 0.1) is 0 Å². The molecule has 4 rings (SSSR count). The molecule has 2 aromatic heterocycles. The molecule has 0 aliphatic carbocycles. The van der Waals surface area contributed by atoms with E-state index in [1.54, 1.807) is 29.2 Å². The molecule has 0 bridgehead atoms. The van der Waals surface area contributed by atoms with E-state index in [1.807, 2.05) is 30.3 Å². The zero-order chi connectivity index (χ0) is 27.7. The summed E-state index contributed by atoms with van der Waals surface area (Å²) in [5.74, 6) is -3.52. The number of hydroxylamine groups is 1. The van der Waals surface area contributed by atoms with Gasteiger partial charge in [-0.05, 0) is 37.1 Å². The van der Waals surface area contributed by atoms with Crippen molar-refractivity contribution >= 4 is 46.3 Å². The Labute approximate surface area is 218 Å². The monoisotopic (exact) mass is 546 g/mol. The maximum atomic E-state index is 12.9. The largest absolute Gasteiger partial charge is 0.490 e. The third-order valence-electron chi connectivity index (χ3n) is 4.95. The van der Waals surface area contributed by atoms with Crippen molar-refractivity contribution in [2.75, 3.05) is 11.4 Å². The van der Waals surface area contributed by atoms with E-state index in [0.717, 1.165) is 34.1 Å². The van der Waals surface area contributed by atoms with Crippen LogP contribution in [0.3, 0.4) is 0 Å². The lowest BCUT2D eigenvalue weighted by atomic mass is 10.1. The smallest absolute Gasteiger partial charge is 0.475 e. The van der Waals surface area contributed by atoms with Crippen LogP contribution in [0.1, 0.15) is 23.5 Å². The third-order valence-corrected chi connectivity index (χ3v) is 6.12. The number of halogens is 3. The Hall–Kier alpha value is -4.36. The van der Waals surface area contributed by atoms with Crippen molar-refractivity contribution in [3.05, 3.63) is 77.8 Å². The predicted molar refractivity (Wildman–Crippen MR) is 134 cm³/mol. The van der Waals surface area contributed by atoms with Crippen LogP contribution >= 0.6 is 11.3 Å². The lowest BCUT2D eigenvalue weighted by Gasteiger charge is -2.24. The number of alkyl halides is 3. The highest BCUT2D eigenvalue weighted by Gasteiger charge is 2.38. The van der Waals surface area contributed by atoms with Gasteiger partial charge in [0.15, 0.2) is 0 Å². The summed E-state index contributed by atoms with van der Waals surface area (Å²) < 4.78 is 31.7. The summed E-state index contributed by atoms with van der Waals surface area (Å²) in [5, 5.41) is 17.5. The number of anilines is 1. The van der Waals surface area contributed by atoms with Crippen LogP contribution in [0.5, 0.6) is 0 Å². The molecule has 1 aromatic carbocycles. The number of hydrogen-bond acceptors (Lipinski definition) is 7. The molecule has 13 heteroatoms. The Morgan fingerprint density at radius 1 is 0.974 bits per heavy atom. The van der Waals surface area contributed by atoms with Crippen molar-refractivity contribution in [2.45, 2.75) is 19.0 Å². The van der Waals surface area contributed by atoms with E-state index in [9.17, 15) is 22.8 Å². The number of rotatable bonds is 5. The molecule has 0 saturated carbocycles. The van der Waals surface area contributed by atoms with Gasteiger partial charge in [-0.15, -0.1) is 0 Å². The number of pyridine rings is 1. The molecule has 0 atom stereocenters. The van der Waals surface area contributed by atoms with Gasteiger partial charge < -0.3 is 5.11 Å². The number of thiazole rings is 1. The van der Waals surface area contributed by atoms with Crippen LogP contribution in [0.2, 0.25) is 0 Å². The number of amides is 2. The second kappa shape index (κ2) is 12.7. The summed E-state index contributed by atoms with van der Waals surface area (Å²) in [6.07, 6.45) is 2.46. The molecule has 1 aliphatic rings. The topological polar surface area (TPSA) is 133 Å². The Balaban J connectivity index is 0.000000505. The summed E-state index contributed by atoms with van der Waals surface area (Å²) in [6, 6.07) is 15.2. The number of carboxylic acids is 1. The highest BCUT2D eigenvalue weighted by molar-refractivity contribution is 7.19. The summed E-state index contributed by atoms with van der Waals surface area (Å²) in [7, 11) is 0. The van der Waals surface area contributed by atoms with E-state index >= 15 is 0 Å². The fraction of sp³-hybridized carbons (Fsp3) is 0.160. The number of hydrogen-bond donors (Lipinski definition) is 3. The van der Waals surface area contributed by atoms with Gasteiger partial charge >= 0.3 is 12.1 Å². The Bertz CT molecular complexity index is 1360. The SMILES string of the molecule is O=C(C=Cc1cccc(C=CC(=O)N2CCCc3nc(-c4ccccc4)sc32)n1)NO.O=C(O)C(F)(F)F. The van der Waals surface area contributed by atoms with E-state index < -0.39 is 18.1 Å². The molecule has 1 aliphatic heterocycles. The van der Waals surface area contributed by atoms with E-state index in [1.165, 1.54) is 35.0 Å². The van der Waals surface area contributed by atoms with Crippen molar-refractivity contribution < 1.29 is 37.9 Å². The number of nitrogens with one attached hydrogen (secondary N) is 1. The summed E-state index contributed by atoms with van der Waals surface area (Å²) >= 11 is 1.54. The average molecular weight is 547 g/mol. The van der Waals surface area contributed by atoms with Gasteiger partial charge in [0.05, 0.1) is 17.1 Å². The molecule has 9 nitrogen and oxygen atoms in total. The number of aryl methyl sites for hydroxylation is 1. The van der Waals surface area contributed by atoms with Crippen LogP contribution in [-0.4, -0.2) is 50.8 Å². The molecule has 38 heavy (non-hydrogen) atoms. The van der Waals surface area contributed by atoms with Gasteiger partial charge in [-0.3, -0.25) is 19.7 Å². The van der Waals surface area contributed by atoms with E-state index in [-0.39, 0.29) is 5.91 Å². The number of fused-ring (bicyclic) bond motifs is 1. The summed E-state index contributed by atoms with van der Waals surface area (Å²) in [6.45, 7) is 0.652. The predicted octanol–water partition coefficient (Wildman–Crippen LogP) is 4.35. The molecule has 198 valence electrons. The minimum Gasteiger partial charge on any atom is -0.475 e. The first-order chi connectivity index (χ1) is 18.1. The van der Waals surface area contributed by atoms with Crippen molar-refractivity contribution in [1.29, 1.82) is 0 Å². The minimum atomic E-state index is -5.08. The van der Waals surface area contributed by atoms with Gasteiger partial charge in [0.25, 0.3) is 11.8 Å². The van der Waals surface area contributed by atoms with Gasteiger partial charge in [0.1, 0.15) is 10.0 Å². The fourth-order valence-electron chi connectivity index (χ4n) is 3.24. The molecule has 2 amide bonds. The first-order valence-electron chi connectivity index (χ1n) is 11.0. The highest BCUT2D eigenvalue weighted by atomic mass is 32.1. The van der Waals surface area contributed by atoms with Crippen LogP contribution in [-0.2, 0) is 20.8 Å². The maximum Gasteiger partial charge on any atom is 0.490 e. The molecule has 3 aromatic rings. The molecule has 0 saturated heterocycles. The van der Waals surface area contributed by atoms with E-state index in [0.29, 0.717) is 17.9 Å². The van der Waals surface area contributed by atoms with Crippen LogP contribution in [0.15, 0.2) is 60.7 Å². The number of nitrogens with zero attached hydrogens (tertiary/aromatic N) is 3. The van der Waals surface area contributed by atoms with Crippen molar-refractivity contribution in [2.24, 2.45) is 0 Å². The van der Waals surface area contributed by atoms with Crippen molar-refractivity contribution in [1.82, 2.24) is 15.4 Å². The van der Waals surface area contributed by atoms with Gasteiger partial charge in [-0.1, -0.05) is 47.7 Å². The number of carbonyl (C=O) groups is 3. The van der Waals surface area contributed by atoms with Crippen molar-refractivity contribution in [3.63, 3.8) is 0 Å². The summed E-state index contributed by atoms with van der Waals surface area (Å²) in [4.78, 5) is 43.8. The maximum absolute atomic E-state index is 12.9. The van der Waals surface area contributed by atoms with E-state index in [2.05, 4.69) is 4.98 Å². The molecule has 3 heterocycles. The first kappa shape index (κ1) is 28.2. The van der Waals surface area contributed by atoms with Crippen LogP contribution in [0.25, 0.3) is 22.7 Å². The lowest BCUT2D eigenvalue weighted by Crippen LogP contribution is -2.33. The quantitative estimate of drug-likeness (QED) is 0.246. The second-order valence-electron chi connectivity index (χ2n) is 7.66. The zero-order valence-corrected chi connectivity index (χ0v) is 20.4. The fourth-order valence-corrected chi connectivity index (χ4v) is 4.39.